The lowest BCUT2D eigenvalue weighted by Gasteiger charge is -2.14. The minimum absolute atomic E-state index is 0.129. The molecule has 2 N–H and O–H groups in total. The zero-order valence-electron chi connectivity index (χ0n) is 11.6. The first-order valence-electron chi connectivity index (χ1n) is 6.56. The Morgan fingerprint density at radius 3 is 3.09 bits per heavy atom. The number of thioether (sulfide) groups is 1. The third kappa shape index (κ3) is 2.80. The van der Waals surface area contributed by atoms with E-state index in [9.17, 15) is 9.59 Å². The number of nitrogens with one attached hydrogen (secondary N) is 2. The summed E-state index contributed by atoms with van der Waals surface area (Å²) in [4.78, 5) is 23.6. The minimum Gasteiger partial charge on any atom is -0.462 e. The number of furan rings is 1. The third-order valence-corrected chi connectivity index (χ3v) is 3.98. The van der Waals surface area contributed by atoms with E-state index in [0.717, 1.165) is 0 Å². The summed E-state index contributed by atoms with van der Waals surface area (Å²) in [5.41, 5.74) is 2.83. The van der Waals surface area contributed by atoms with Gasteiger partial charge in [0.15, 0.2) is 5.76 Å². The van der Waals surface area contributed by atoms with Gasteiger partial charge in [-0.15, -0.1) is 16.9 Å². The highest BCUT2D eigenvalue weighted by atomic mass is 32.2. The topological polar surface area (TPSA) is 102 Å². The highest BCUT2D eigenvalue weighted by Crippen LogP contribution is 2.27. The van der Waals surface area contributed by atoms with Crippen LogP contribution >= 0.6 is 11.8 Å². The highest BCUT2D eigenvalue weighted by Gasteiger charge is 2.36. The predicted molar refractivity (Wildman–Crippen MR) is 77.5 cm³/mol. The fourth-order valence-electron chi connectivity index (χ4n) is 1.94. The fraction of sp³-hybridized carbons (Fsp3) is 0.308. The summed E-state index contributed by atoms with van der Waals surface area (Å²) in [6, 6.07) is 3.38. The van der Waals surface area contributed by atoms with E-state index in [1.807, 2.05) is 0 Å². The van der Waals surface area contributed by atoms with Crippen molar-refractivity contribution in [2.75, 3.05) is 12.4 Å². The van der Waals surface area contributed by atoms with Crippen molar-refractivity contribution in [2.45, 2.75) is 12.3 Å². The summed E-state index contributed by atoms with van der Waals surface area (Å²) in [5.74, 6) is 0.310. The van der Waals surface area contributed by atoms with Crippen LogP contribution < -0.4 is 10.7 Å². The van der Waals surface area contributed by atoms with Crippen molar-refractivity contribution >= 4 is 29.5 Å². The van der Waals surface area contributed by atoms with Crippen LogP contribution in [0.1, 0.15) is 12.7 Å². The summed E-state index contributed by atoms with van der Waals surface area (Å²) >= 11 is 1.28. The Bertz CT molecular complexity index is 653. The van der Waals surface area contributed by atoms with Crippen LogP contribution in [0, 0.1) is 0 Å². The van der Waals surface area contributed by atoms with Crippen LogP contribution in [0.15, 0.2) is 39.4 Å². The molecule has 3 rings (SSSR count). The first kappa shape index (κ1) is 14.5. The number of esters is 1. The molecule has 1 atom stereocenters. The van der Waals surface area contributed by atoms with Crippen molar-refractivity contribution in [3.8, 4) is 0 Å². The third-order valence-electron chi connectivity index (χ3n) is 2.87. The van der Waals surface area contributed by atoms with Crippen molar-refractivity contribution in [2.24, 2.45) is 5.10 Å². The molecule has 0 spiro atoms. The van der Waals surface area contributed by atoms with E-state index in [1.165, 1.54) is 18.0 Å². The molecule has 1 amide bonds. The molecule has 0 bridgehead atoms. The molecule has 22 heavy (non-hydrogen) atoms. The lowest BCUT2D eigenvalue weighted by atomic mass is 10.2. The lowest BCUT2D eigenvalue weighted by molar-refractivity contribution is -0.138. The van der Waals surface area contributed by atoms with Gasteiger partial charge >= 0.3 is 5.97 Å². The van der Waals surface area contributed by atoms with Crippen LogP contribution in [0.25, 0.3) is 0 Å². The number of hydrogen-bond donors (Lipinski definition) is 2. The normalized spacial score (nSPS) is 22.5. The van der Waals surface area contributed by atoms with Crippen molar-refractivity contribution in [1.29, 1.82) is 0 Å². The molecule has 3 heterocycles. The van der Waals surface area contributed by atoms with E-state index in [4.69, 9.17) is 13.9 Å². The van der Waals surface area contributed by atoms with Gasteiger partial charge in [0.1, 0.15) is 10.9 Å². The van der Waals surface area contributed by atoms with Gasteiger partial charge in [-0.2, -0.15) is 0 Å². The number of amides is 1. The van der Waals surface area contributed by atoms with E-state index >= 15 is 0 Å². The molecule has 0 aliphatic carbocycles. The summed E-state index contributed by atoms with van der Waals surface area (Å²) < 4.78 is 15.8. The average Bonchev–Trinajstić information content (AvgIpc) is 3.20. The van der Waals surface area contributed by atoms with Gasteiger partial charge in [0.25, 0.3) is 5.90 Å². The Hall–Kier alpha value is -2.42. The first-order valence-corrected chi connectivity index (χ1v) is 7.61. The molecule has 0 saturated carbocycles. The van der Waals surface area contributed by atoms with E-state index in [1.54, 1.807) is 19.1 Å². The van der Waals surface area contributed by atoms with E-state index in [-0.39, 0.29) is 35.6 Å². The molecule has 1 aromatic rings. The van der Waals surface area contributed by atoms with Crippen molar-refractivity contribution < 1.29 is 23.5 Å². The Morgan fingerprint density at radius 2 is 2.45 bits per heavy atom. The second-order valence-corrected chi connectivity index (χ2v) is 5.42. The van der Waals surface area contributed by atoms with E-state index in [0.29, 0.717) is 5.76 Å². The maximum atomic E-state index is 12.2. The molecule has 2 aliphatic rings. The molecule has 9 heteroatoms. The summed E-state index contributed by atoms with van der Waals surface area (Å²) in [7, 11) is 0. The Kier molecular flexibility index (Phi) is 4.05. The van der Waals surface area contributed by atoms with Gasteiger partial charge in [-0.3, -0.25) is 4.79 Å². The largest absolute Gasteiger partial charge is 0.462 e. The number of rotatable bonds is 4. The second kappa shape index (κ2) is 6.14. The quantitative estimate of drug-likeness (QED) is 0.615. The van der Waals surface area contributed by atoms with Gasteiger partial charge in [0.2, 0.25) is 11.8 Å². The summed E-state index contributed by atoms with van der Waals surface area (Å²) in [6.45, 7) is 1.92. The van der Waals surface area contributed by atoms with Gasteiger partial charge in [-0.25, -0.2) is 10.2 Å². The van der Waals surface area contributed by atoms with Crippen molar-refractivity contribution in [3.63, 3.8) is 0 Å². The molecular formula is C13H13N3O5S. The zero-order valence-corrected chi connectivity index (χ0v) is 12.4. The van der Waals surface area contributed by atoms with Gasteiger partial charge in [-0.1, -0.05) is 0 Å². The maximum absolute atomic E-state index is 12.2. The SMILES string of the molecule is CCOC(=O)/C(=C1/NN=C(c2ccco2)O1)[C@@H]1NC(=O)CS1. The number of ether oxygens (including phenoxy) is 2. The molecule has 8 nitrogen and oxygen atoms in total. The predicted octanol–water partition coefficient (Wildman–Crippen LogP) is 0.525. The molecular weight excluding hydrogens is 310 g/mol. The van der Waals surface area contributed by atoms with Crippen LogP contribution in [0.5, 0.6) is 0 Å². The fourth-order valence-corrected chi connectivity index (χ4v) is 2.92. The number of nitrogens with zero attached hydrogens (tertiary/aromatic N) is 1. The van der Waals surface area contributed by atoms with Gasteiger partial charge < -0.3 is 19.2 Å². The van der Waals surface area contributed by atoms with Crippen molar-refractivity contribution in [3.05, 3.63) is 35.6 Å². The van der Waals surface area contributed by atoms with Crippen LogP contribution in [0.2, 0.25) is 0 Å². The van der Waals surface area contributed by atoms with E-state index < -0.39 is 11.3 Å². The van der Waals surface area contributed by atoms with Crippen LogP contribution in [-0.2, 0) is 19.1 Å². The van der Waals surface area contributed by atoms with Crippen LogP contribution in [0.3, 0.4) is 0 Å². The molecule has 1 saturated heterocycles. The highest BCUT2D eigenvalue weighted by molar-refractivity contribution is 8.01. The van der Waals surface area contributed by atoms with Crippen molar-refractivity contribution in [1.82, 2.24) is 10.7 Å². The molecule has 2 aliphatic heterocycles. The number of carbonyl (C=O) groups excluding carboxylic acids is 2. The van der Waals surface area contributed by atoms with Crippen LogP contribution in [-0.4, -0.2) is 35.5 Å². The molecule has 0 aromatic carbocycles. The molecule has 1 aromatic heterocycles. The molecule has 0 unspecified atom stereocenters. The van der Waals surface area contributed by atoms with Gasteiger partial charge in [0, 0.05) is 0 Å². The lowest BCUT2D eigenvalue weighted by Crippen LogP contribution is -2.32. The number of hydrazone groups is 1. The smallest absolute Gasteiger partial charge is 0.342 e. The second-order valence-electron chi connectivity index (χ2n) is 4.33. The van der Waals surface area contributed by atoms with Crippen LogP contribution in [0.4, 0.5) is 0 Å². The number of hydrogen-bond acceptors (Lipinski definition) is 8. The first-order chi connectivity index (χ1) is 10.7. The summed E-state index contributed by atoms with van der Waals surface area (Å²) in [6.07, 6.45) is 1.49. The minimum atomic E-state index is -0.569. The average molecular weight is 323 g/mol. The molecule has 116 valence electrons. The van der Waals surface area contributed by atoms with Gasteiger partial charge in [-0.05, 0) is 19.1 Å². The Morgan fingerprint density at radius 1 is 1.59 bits per heavy atom. The Balaban J connectivity index is 1.86. The summed E-state index contributed by atoms with van der Waals surface area (Å²) in [5, 5.41) is 6.13. The number of carbonyl (C=O) groups is 2. The zero-order chi connectivity index (χ0) is 15.5. The molecule has 1 fully saturated rings. The molecule has 0 radical (unpaired) electrons. The standard InChI is InChI=1S/C13H13N3O5S/c1-2-19-13(18)9(12-14-8(17)6-22-12)11-16-15-10(21-11)7-4-3-5-20-7/h3-5,12,16H,2,6H2,1H3,(H,14,17)/b11-9-/t12-/m1/s1. The Labute approximate surface area is 129 Å². The van der Waals surface area contributed by atoms with E-state index in [2.05, 4.69) is 15.8 Å². The van der Waals surface area contributed by atoms with Gasteiger partial charge in [0.05, 0.1) is 18.6 Å². The monoisotopic (exact) mass is 323 g/mol. The maximum Gasteiger partial charge on any atom is 0.342 e.